The van der Waals surface area contributed by atoms with Crippen LogP contribution in [0.4, 0.5) is 5.69 Å². The molecule has 19 heavy (non-hydrogen) atoms. The van der Waals surface area contributed by atoms with Crippen LogP contribution >= 0.6 is 0 Å². The molecule has 2 aliphatic carbocycles. The second kappa shape index (κ2) is 5.54. The molecule has 2 aliphatic rings. The maximum atomic E-state index is 5.75. The summed E-state index contributed by atoms with van der Waals surface area (Å²) in [5.74, 6) is 1.66. The molecule has 1 unspecified atom stereocenters. The van der Waals surface area contributed by atoms with Crippen molar-refractivity contribution in [2.24, 2.45) is 5.92 Å². The summed E-state index contributed by atoms with van der Waals surface area (Å²) >= 11 is 0. The number of hydrogen-bond donors (Lipinski definition) is 1. The van der Waals surface area contributed by atoms with Crippen molar-refractivity contribution in [3.63, 3.8) is 0 Å². The first-order valence-electron chi connectivity index (χ1n) is 7.82. The maximum absolute atomic E-state index is 5.75. The third-order valence-corrected chi connectivity index (χ3v) is 4.61. The highest BCUT2D eigenvalue weighted by Crippen LogP contribution is 2.35. The van der Waals surface area contributed by atoms with Crippen molar-refractivity contribution in [1.82, 2.24) is 4.90 Å². The van der Waals surface area contributed by atoms with E-state index in [4.69, 9.17) is 5.73 Å². The zero-order valence-corrected chi connectivity index (χ0v) is 12.0. The maximum Gasteiger partial charge on any atom is 0.0314 e. The van der Waals surface area contributed by atoms with Gasteiger partial charge in [0.1, 0.15) is 0 Å². The van der Waals surface area contributed by atoms with Gasteiger partial charge in [0.25, 0.3) is 0 Å². The molecule has 104 valence electrons. The Bertz CT molecular complexity index is 404. The fraction of sp³-hybridized carbons (Fsp3) is 0.647. The second-order valence-electron chi connectivity index (χ2n) is 6.53. The van der Waals surface area contributed by atoms with Gasteiger partial charge in [0.05, 0.1) is 0 Å². The molecular formula is C17H26N2. The minimum absolute atomic E-state index is 0.640. The first kappa shape index (κ1) is 13.0. The molecule has 0 radical (unpaired) electrons. The molecule has 0 aromatic heterocycles. The van der Waals surface area contributed by atoms with Crippen LogP contribution in [0.5, 0.6) is 0 Å². The van der Waals surface area contributed by atoms with Gasteiger partial charge in [0.15, 0.2) is 0 Å². The van der Waals surface area contributed by atoms with Gasteiger partial charge in [-0.1, -0.05) is 19.1 Å². The third kappa shape index (κ3) is 3.73. The van der Waals surface area contributed by atoms with Crippen LogP contribution < -0.4 is 5.73 Å². The van der Waals surface area contributed by atoms with E-state index in [1.54, 1.807) is 0 Å². The Balaban J connectivity index is 1.50. The molecule has 2 nitrogen and oxygen atoms in total. The van der Waals surface area contributed by atoms with Gasteiger partial charge in [-0.3, -0.25) is 0 Å². The van der Waals surface area contributed by atoms with Crippen LogP contribution in [0.2, 0.25) is 0 Å². The van der Waals surface area contributed by atoms with Crippen LogP contribution in [0.3, 0.4) is 0 Å². The Morgan fingerprint density at radius 3 is 2.42 bits per heavy atom. The first-order chi connectivity index (χ1) is 9.22. The van der Waals surface area contributed by atoms with E-state index in [0.29, 0.717) is 5.92 Å². The number of nitrogens with zero attached hydrogens (tertiary/aromatic N) is 1. The Kier molecular flexibility index (Phi) is 3.79. The molecular weight excluding hydrogens is 232 g/mol. The van der Waals surface area contributed by atoms with Gasteiger partial charge in [-0.15, -0.1) is 0 Å². The van der Waals surface area contributed by atoms with Gasteiger partial charge < -0.3 is 10.6 Å². The quantitative estimate of drug-likeness (QED) is 0.757. The van der Waals surface area contributed by atoms with Gasteiger partial charge >= 0.3 is 0 Å². The Hall–Kier alpha value is -1.02. The van der Waals surface area contributed by atoms with Crippen LogP contribution in [0.25, 0.3) is 0 Å². The predicted molar refractivity (Wildman–Crippen MR) is 81.2 cm³/mol. The average Bonchev–Trinajstić information content (AvgIpc) is 3.27. The van der Waals surface area contributed by atoms with Crippen molar-refractivity contribution < 1.29 is 0 Å². The lowest BCUT2D eigenvalue weighted by Crippen LogP contribution is -2.30. The summed E-state index contributed by atoms with van der Waals surface area (Å²) in [5.41, 5.74) is 8.04. The van der Waals surface area contributed by atoms with Gasteiger partial charge in [0.2, 0.25) is 0 Å². The zero-order chi connectivity index (χ0) is 13.2. The fourth-order valence-electron chi connectivity index (χ4n) is 2.85. The number of nitrogens with two attached hydrogens (primary N) is 1. The van der Waals surface area contributed by atoms with Crippen LogP contribution in [0.15, 0.2) is 24.3 Å². The van der Waals surface area contributed by atoms with Gasteiger partial charge in [-0.25, -0.2) is 0 Å². The summed E-state index contributed by atoms with van der Waals surface area (Å²) < 4.78 is 0. The molecule has 0 aliphatic heterocycles. The van der Waals surface area contributed by atoms with Crippen LogP contribution in [0, 0.1) is 5.92 Å². The Labute approximate surface area is 117 Å². The number of anilines is 1. The summed E-state index contributed by atoms with van der Waals surface area (Å²) in [4.78, 5) is 2.76. The largest absolute Gasteiger partial charge is 0.399 e. The number of nitrogen functional groups attached to an aromatic ring is 1. The van der Waals surface area contributed by atoms with Crippen LogP contribution in [-0.4, -0.2) is 24.0 Å². The monoisotopic (exact) mass is 258 g/mol. The minimum atomic E-state index is 0.640. The summed E-state index contributed by atoms with van der Waals surface area (Å²) in [5, 5.41) is 0. The molecule has 2 heteroatoms. The fourth-order valence-corrected chi connectivity index (χ4v) is 2.85. The summed E-state index contributed by atoms with van der Waals surface area (Å²) in [7, 11) is 0. The highest BCUT2D eigenvalue weighted by Gasteiger charge is 2.33. The smallest absolute Gasteiger partial charge is 0.0314 e. The highest BCUT2D eigenvalue weighted by molar-refractivity contribution is 5.40. The standard InChI is InChI=1S/C17H26N2/c1-13(15-4-6-16(18)7-5-15)10-11-19(17-8-9-17)12-14-2-3-14/h4-7,13-14,17H,2-3,8-12,18H2,1H3. The van der Waals surface area contributed by atoms with E-state index in [1.165, 1.54) is 50.8 Å². The molecule has 0 bridgehead atoms. The second-order valence-corrected chi connectivity index (χ2v) is 6.53. The molecule has 0 spiro atoms. The van der Waals surface area contributed by atoms with E-state index in [0.717, 1.165) is 17.6 Å². The molecule has 0 heterocycles. The summed E-state index contributed by atoms with van der Waals surface area (Å²) in [6, 6.07) is 9.33. The van der Waals surface area contributed by atoms with Crippen LogP contribution in [0.1, 0.15) is 50.5 Å². The average molecular weight is 258 g/mol. The summed E-state index contributed by atoms with van der Waals surface area (Å²) in [6.07, 6.45) is 7.08. The van der Waals surface area contributed by atoms with Crippen molar-refractivity contribution >= 4 is 5.69 Å². The lowest BCUT2D eigenvalue weighted by molar-refractivity contribution is 0.244. The van der Waals surface area contributed by atoms with Crippen molar-refractivity contribution in [2.45, 2.75) is 51.0 Å². The number of hydrogen-bond acceptors (Lipinski definition) is 2. The van der Waals surface area contributed by atoms with Crippen LogP contribution in [-0.2, 0) is 0 Å². The third-order valence-electron chi connectivity index (χ3n) is 4.61. The summed E-state index contributed by atoms with van der Waals surface area (Å²) in [6.45, 7) is 4.97. The van der Waals surface area contributed by atoms with Crippen molar-refractivity contribution in [2.75, 3.05) is 18.8 Å². The van der Waals surface area contributed by atoms with Gasteiger partial charge in [-0.2, -0.15) is 0 Å². The lowest BCUT2D eigenvalue weighted by atomic mass is 9.97. The number of benzene rings is 1. The molecule has 3 rings (SSSR count). The highest BCUT2D eigenvalue weighted by atomic mass is 15.2. The zero-order valence-electron chi connectivity index (χ0n) is 12.0. The van der Waals surface area contributed by atoms with Gasteiger partial charge in [0, 0.05) is 18.3 Å². The van der Waals surface area contributed by atoms with Crippen molar-refractivity contribution in [3.05, 3.63) is 29.8 Å². The van der Waals surface area contributed by atoms with Gasteiger partial charge in [-0.05, 0) is 68.2 Å². The van der Waals surface area contributed by atoms with E-state index < -0.39 is 0 Å². The van der Waals surface area contributed by atoms with E-state index in [1.807, 2.05) is 12.1 Å². The molecule has 2 fully saturated rings. The molecule has 2 N–H and O–H groups in total. The first-order valence-corrected chi connectivity index (χ1v) is 7.82. The normalized spacial score (nSPS) is 20.7. The van der Waals surface area contributed by atoms with E-state index in [2.05, 4.69) is 24.0 Å². The lowest BCUT2D eigenvalue weighted by Gasteiger charge is -2.24. The van der Waals surface area contributed by atoms with E-state index >= 15 is 0 Å². The molecule has 1 atom stereocenters. The molecule has 1 aromatic carbocycles. The molecule has 0 saturated heterocycles. The number of rotatable bonds is 7. The topological polar surface area (TPSA) is 29.3 Å². The van der Waals surface area contributed by atoms with E-state index in [-0.39, 0.29) is 0 Å². The molecule has 1 aromatic rings. The molecule has 2 saturated carbocycles. The predicted octanol–water partition coefficient (Wildman–Crippen LogP) is 3.64. The molecule has 0 amide bonds. The Morgan fingerprint density at radius 2 is 1.84 bits per heavy atom. The van der Waals surface area contributed by atoms with E-state index in [9.17, 15) is 0 Å². The minimum Gasteiger partial charge on any atom is -0.399 e. The van der Waals surface area contributed by atoms with Crippen molar-refractivity contribution in [3.8, 4) is 0 Å². The SMILES string of the molecule is CC(CCN(CC1CC1)C1CC1)c1ccc(N)cc1. The Morgan fingerprint density at radius 1 is 1.16 bits per heavy atom. The van der Waals surface area contributed by atoms with Crippen molar-refractivity contribution in [1.29, 1.82) is 0 Å².